The largest absolute Gasteiger partial charge is 0.456 e. The number of furan rings is 1. The predicted molar refractivity (Wildman–Crippen MR) is 113 cm³/mol. The summed E-state index contributed by atoms with van der Waals surface area (Å²) in [4.78, 5) is 0. The van der Waals surface area contributed by atoms with Crippen molar-refractivity contribution in [3.63, 3.8) is 0 Å². The highest BCUT2D eigenvalue weighted by Gasteiger charge is 2.19. The van der Waals surface area contributed by atoms with Crippen LogP contribution >= 0.6 is 0 Å². The van der Waals surface area contributed by atoms with Gasteiger partial charge in [-0.3, -0.25) is 0 Å². The van der Waals surface area contributed by atoms with Crippen molar-refractivity contribution in [1.82, 2.24) is 4.57 Å². The molecule has 0 unspecified atom stereocenters. The molecule has 0 bridgehead atoms. The first kappa shape index (κ1) is 14.9. The van der Waals surface area contributed by atoms with Gasteiger partial charge in [0.1, 0.15) is 11.3 Å². The molecule has 2 nitrogen and oxygen atoms in total. The standard InChI is InChI=1S/C25H19NO/c1-16-7-6-8-17(13-16)26-22-11-4-2-9-18(22)20-14-21-19-10-3-5-12-24(19)27-25(21)15-23(20)26/h2,4-9,11-15H,3,10H2,1H3. The van der Waals surface area contributed by atoms with Crippen molar-refractivity contribution in [2.24, 2.45) is 0 Å². The predicted octanol–water partition coefficient (Wildman–Crippen LogP) is 6.80. The molecule has 0 amide bonds. The highest BCUT2D eigenvalue weighted by atomic mass is 16.3. The van der Waals surface area contributed by atoms with Crippen LogP contribution in [0.15, 0.2) is 71.2 Å². The van der Waals surface area contributed by atoms with E-state index in [2.05, 4.69) is 84.3 Å². The Morgan fingerprint density at radius 2 is 1.78 bits per heavy atom. The second-order valence-corrected chi connectivity index (χ2v) is 7.44. The summed E-state index contributed by atoms with van der Waals surface area (Å²) >= 11 is 0. The molecular weight excluding hydrogens is 330 g/mol. The first-order valence-corrected chi connectivity index (χ1v) is 9.52. The molecule has 0 N–H and O–H groups in total. The minimum absolute atomic E-state index is 0.982. The van der Waals surface area contributed by atoms with Crippen molar-refractivity contribution < 1.29 is 4.42 Å². The third-order valence-electron chi connectivity index (χ3n) is 5.71. The van der Waals surface area contributed by atoms with Gasteiger partial charge in [-0.05, 0) is 55.7 Å². The van der Waals surface area contributed by atoms with Gasteiger partial charge in [0.25, 0.3) is 0 Å². The third kappa shape index (κ3) is 2.07. The minimum Gasteiger partial charge on any atom is -0.456 e. The lowest BCUT2D eigenvalue weighted by Crippen LogP contribution is -1.94. The van der Waals surface area contributed by atoms with Gasteiger partial charge in [-0.15, -0.1) is 0 Å². The second-order valence-electron chi connectivity index (χ2n) is 7.44. The molecule has 0 saturated carbocycles. The van der Waals surface area contributed by atoms with Crippen molar-refractivity contribution in [3.05, 3.63) is 83.6 Å². The molecule has 0 atom stereocenters. The number of allylic oxidation sites excluding steroid dienone is 1. The van der Waals surface area contributed by atoms with Gasteiger partial charge >= 0.3 is 0 Å². The second kappa shape index (κ2) is 5.37. The normalized spacial score (nSPS) is 13.7. The van der Waals surface area contributed by atoms with Gasteiger partial charge in [0.2, 0.25) is 0 Å². The Kier molecular flexibility index (Phi) is 2.96. The van der Waals surface area contributed by atoms with E-state index in [0.29, 0.717) is 0 Å². The number of benzene rings is 3. The summed E-state index contributed by atoms with van der Waals surface area (Å²) in [6, 6.07) is 21.9. The van der Waals surface area contributed by atoms with E-state index >= 15 is 0 Å². The highest BCUT2D eigenvalue weighted by molar-refractivity contribution is 6.13. The van der Waals surface area contributed by atoms with Crippen LogP contribution in [0, 0.1) is 6.92 Å². The Bertz CT molecular complexity index is 1380. The maximum atomic E-state index is 6.21. The fourth-order valence-corrected chi connectivity index (χ4v) is 4.48. The molecule has 27 heavy (non-hydrogen) atoms. The van der Waals surface area contributed by atoms with E-state index < -0.39 is 0 Å². The van der Waals surface area contributed by atoms with E-state index in [1.807, 2.05) is 0 Å². The number of para-hydroxylation sites is 1. The van der Waals surface area contributed by atoms with Crippen LogP contribution in [0.1, 0.15) is 23.3 Å². The van der Waals surface area contributed by atoms with Crippen molar-refractivity contribution in [3.8, 4) is 5.69 Å². The van der Waals surface area contributed by atoms with E-state index in [1.165, 1.54) is 44.0 Å². The van der Waals surface area contributed by atoms with Gasteiger partial charge < -0.3 is 8.98 Å². The summed E-state index contributed by atoms with van der Waals surface area (Å²) in [5, 5.41) is 3.84. The van der Waals surface area contributed by atoms with Gasteiger partial charge in [-0.2, -0.15) is 0 Å². The first-order valence-electron chi connectivity index (χ1n) is 9.52. The SMILES string of the molecule is Cc1cccc(-n2c3ccccc3c3cc4c5c(oc4cc32)C=CCC5)c1. The maximum absolute atomic E-state index is 6.21. The van der Waals surface area contributed by atoms with Crippen LogP contribution in [0.2, 0.25) is 0 Å². The fourth-order valence-electron chi connectivity index (χ4n) is 4.48. The summed E-state index contributed by atoms with van der Waals surface area (Å²) < 4.78 is 8.56. The van der Waals surface area contributed by atoms with Gasteiger partial charge in [0, 0.05) is 33.5 Å². The Morgan fingerprint density at radius 3 is 2.70 bits per heavy atom. The number of fused-ring (bicyclic) bond motifs is 6. The summed E-state index contributed by atoms with van der Waals surface area (Å²) in [6.07, 6.45) is 6.47. The molecule has 0 spiro atoms. The van der Waals surface area contributed by atoms with Gasteiger partial charge in [0.05, 0.1) is 11.0 Å². The lowest BCUT2D eigenvalue weighted by molar-refractivity contribution is 0.595. The fraction of sp³-hybridized carbons (Fsp3) is 0.120. The van der Waals surface area contributed by atoms with E-state index in [-0.39, 0.29) is 0 Å². The molecule has 130 valence electrons. The molecule has 2 heterocycles. The van der Waals surface area contributed by atoms with E-state index in [9.17, 15) is 0 Å². The monoisotopic (exact) mass is 349 g/mol. The van der Waals surface area contributed by atoms with E-state index in [0.717, 1.165) is 24.2 Å². The third-order valence-corrected chi connectivity index (χ3v) is 5.71. The quantitative estimate of drug-likeness (QED) is 0.325. The average molecular weight is 349 g/mol. The number of nitrogens with zero attached hydrogens (tertiary/aromatic N) is 1. The van der Waals surface area contributed by atoms with Crippen molar-refractivity contribution in [1.29, 1.82) is 0 Å². The zero-order valence-electron chi connectivity index (χ0n) is 15.2. The van der Waals surface area contributed by atoms with Crippen molar-refractivity contribution in [2.45, 2.75) is 19.8 Å². The van der Waals surface area contributed by atoms with Crippen LogP contribution in [-0.2, 0) is 6.42 Å². The summed E-state index contributed by atoms with van der Waals surface area (Å²) in [5.74, 6) is 1.02. The lowest BCUT2D eigenvalue weighted by atomic mass is 10.00. The molecule has 0 fully saturated rings. The Balaban J connectivity index is 1.79. The van der Waals surface area contributed by atoms with Crippen LogP contribution in [0.4, 0.5) is 0 Å². The summed E-state index contributed by atoms with van der Waals surface area (Å²) in [7, 11) is 0. The molecule has 0 aliphatic heterocycles. The average Bonchev–Trinajstić information content (AvgIpc) is 3.21. The van der Waals surface area contributed by atoms with Crippen LogP contribution in [0.3, 0.4) is 0 Å². The van der Waals surface area contributed by atoms with E-state index in [4.69, 9.17) is 4.42 Å². The topological polar surface area (TPSA) is 18.1 Å². The van der Waals surface area contributed by atoms with Gasteiger partial charge in [0.15, 0.2) is 0 Å². The van der Waals surface area contributed by atoms with Crippen LogP contribution in [0.5, 0.6) is 0 Å². The Labute approximate surface area is 157 Å². The zero-order valence-corrected chi connectivity index (χ0v) is 15.2. The number of hydrogen-bond donors (Lipinski definition) is 0. The summed E-state index contributed by atoms with van der Waals surface area (Å²) in [5.41, 5.74) is 7.22. The van der Waals surface area contributed by atoms with Crippen LogP contribution in [0.25, 0.3) is 44.5 Å². The first-order chi connectivity index (χ1) is 13.3. The van der Waals surface area contributed by atoms with Crippen molar-refractivity contribution in [2.75, 3.05) is 0 Å². The zero-order chi connectivity index (χ0) is 18.0. The molecular formula is C25H19NO. The van der Waals surface area contributed by atoms with Crippen molar-refractivity contribution >= 4 is 38.9 Å². The number of aryl methyl sites for hydroxylation is 2. The minimum atomic E-state index is 0.982. The Hall–Kier alpha value is -3.26. The molecule has 1 aliphatic rings. The lowest BCUT2D eigenvalue weighted by Gasteiger charge is -2.08. The Morgan fingerprint density at radius 1 is 0.852 bits per heavy atom. The maximum Gasteiger partial charge on any atom is 0.137 e. The number of hydrogen-bond acceptors (Lipinski definition) is 1. The highest BCUT2D eigenvalue weighted by Crippen LogP contribution is 2.38. The molecule has 1 aliphatic carbocycles. The molecule has 6 rings (SSSR count). The smallest absolute Gasteiger partial charge is 0.137 e. The van der Waals surface area contributed by atoms with E-state index in [1.54, 1.807) is 0 Å². The van der Waals surface area contributed by atoms with Crippen LogP contribution < -0.4 is 0 Å². The number of rotatable bonds is 1. The summed E-state index contributed by atoms with van der Waals surface area (Å²) in [6.45, 7) is 2.14. The molecule has 0 saturated heterocycles. The van der Waals surface area contributed by atoms with Crippen LogP contribution in [-0.4, -0.2) is 4.57 Å². The number of aromatic nitrogens is 1. The van der Waals surface area contributed by atoms with Gasteiger partial charge in [-0.25, -0.2) is 0 Å². The molecule has 3 aromatic carbocycles. The van der Waals surface area contributed by atoms with Gasteiger partial charge in [-0.1, -0.05) is 36.4 Å². The molecule has 0 radical (unpaired) electrons. The molecule has 2 aromatic heterocycles. The molecule has 5 aromatic rings. The molecule has 2 heteroatoms.